The Hall–Kier alpha value is -1.39. The monoisotopic (exact) mass is 256 g/mol. The highest BCUT2D eigenvalue weighted by molar-refractivity contribution is 6.06. The fourth-order valence-electron chi connectivity index (χ4n) is 2.29. The molecular formula is C13H20O5. The fraction of sp³-hybridized carbons (Fsp3) is 0.769. The van der Waals surface area contributed by atoms with Gasteiger partial charge >= 0.3 is 11.9 Å². The first kappa shape index (κ1) is 14.7. The molecule has 0 radical (unpaired) electrons. The third-order valence-electron chi connectivity index (χ3n) is 3.21. The van der Waals surface area contributed by atoms with E-state index in [1.165, 1.54) is 0 Å². The van der Waals surface area contributed by atoms with Gasteiger partial charge in [0.1, 0.15) is 5.41 Å². The summed E-state index contributed by atoms with van der Waals surface area (Å²) in [5.41, 5.74) is -1.31. The van der Waals surface area contributed by atoms with Gasteiger partial charge in [-0.05, 0) is 26.7 Å². The largest absolute Gasteiger partial charge is 0.466 e. The number of hydrogen-bond acceptors (Lipinski definition) is 5. The second-order valence-electron chi connectivity index (χ2n) is 4.41. The van der Waals surface area contributed by atoms with E-state index < -0.39 is 17.4 Å². The molecule has 1 saturated carbocycles. The highest BCUT2D eigenvalue weighted by Crippen LogP contribution is 2.38. The highest BCUT2D eigenvalue weighted by atomic mass is 16.5. The van der Waals surface area contributed by atoms with Gasteiger partial charge in [0.15, 0.2) is 5.78 Å². The standard InChI is InChI=1S/C13H20O5/c1-3-17-11(15)9-13(12(16)18-4-2)8-6-5-7-10(13)14/h3-9H2,1-2H3. The minimum absolute atomic E-state index is 0.194. The number of rotatable bonds is 5. The Morgan fingerprint density at radius 1 is 1.17 bits per heavy atom. The zero-order valence-corrected chi connectivity index (χ0v) is 11.0. The molecule has 5 nitrogen and oxygen atoms in total. The Morgan fingerprint density at radius 2 is 1.83 bits per heavy atom. The lowest BCUT2D eigenvalue weighted by Gasteiger charge is -2.32. The number of hydrogen-bond donors (Lipinski definition) is 0. The van der Waals surface area contributed by atoms with Crippen molar-refractivity contribution in [3.63, 3.8) is 0 Å². The van der Waals surface area contributed by atoms with E-state index in [1.807, 2.05) is 0 Å². The van der Waals surface area contributed by atoms with Crippen LogP contribution in [0.4, 0.5) is 0 Å². The molecule has 5 heteroatoms. The Kier molecular flexibility index (Phi) is 5.31. The van der Waals surface area contributed by atoms with Crippen LogP contribution in [-0.2, 0) is 23.9 Å². The van der Waals surface area contributed by atoms with Gasteiger partial charge in [0.25, 0.3) is 0 Å². The summed E-state index contributed by atoms with van der Waals surface area (Å²) in [6, 6.07) is 0. The molecule has 18 heavy (non-hydrogen) atoms. The van der Waals surface area contributed by atoms with Crippen molar-refractivity contribution in [2.24, 2.45) is 5.41 Å². The van der Waals surface area contributed by atoms with Crippen molar-refractivity contribution >= 4 is 17.7 Å². The van der Waals surface area contributed by atoms with Crippen LogP contribution in [0.1, 0.15) is 46.0 Å². The molecule has 0 aromatic heterocycles. The third kappa shape index (κ3) is 3.09. The van der Waals surface area contributed by atoms with E-state index in [9.17, 15) is 14.4 Å². The molecule has 102 valence electrons. The lowest BCUT2D eigenvalue weighted by atomic mass is 9.70. The van der Waals surface area contributed by atoms with Gasteiger partial charge in [-0.15, -0.1) is 0 Å². The zero-order valence-electron chi connectivity index (χ0n) is 11.0. The van der Waals surface area contributed by atoms with Gasteiger partial charge in [0.2, 0.25) is 0 Å². The van der Waals surface area contributed by atoms with Crippen LogP contribution in [-0.4, -0.2) is 30.9 Å². The molecule has 1 unspecified atom stereocenters. The van der Waals surface area contributed by atoms with Crippen LogP contribution in [0.25, 0.3) is 0 Å². The molecule has 1 rings (SSSR count). The van der Waals surface area contributed by atoms with Crippen molar-refractivity contribution in [1.82, 2.24) is 0 Å². The van der Waals surface area contributed by atoms with Crippen molar-refractivity contribution in [2.75, 3.05) is 13.2 Å². The first-order valence-electron chi connectivity index (χ1n) is 6.43. The topological polar surface area (TPSA) is 69.7 Å². The van der Waals surface area contributed by atoms with E-state index in [-0.39, 0.29) is 25.4 Å². The molecule has 0 spiro atoms. The Bertz CT molecular complexity index is 336. The maximum atomic E-state index is 12.1. The molecule has 0 saturated heterocycles. The summed E-state index contributed by atoms with van der Waals surface area (Å²) in [4.78, 5) is 35.7. The Morgan fingerprint density at radius 3 is 2.39 bits per heavy atom. The zero-order chi connectivity index (χ0) is 13.6. The number of Topliss-reactive ketones (excluding diaryl/α,β-unsaturated/α-hetero) is 1. The van der Waals surface area contributed by atoms with Crippen LogP contribution in [0.3, 0.4) is 0 Å². The maximum absolute atomic E-state index is 12.1. The van der Waals surface area contributed by atoms with E-state index >= 15 is 0 Å². The second-order valence-corrected chi connectivity index (χ2v) is 4.41. The molecule has 1 aliphatic carbocycles. The normalized spacial score (nSPS) is 23.6. The van der Waals surface area contributed by atoms with E-state index in [0.29, 0.717) is 12.8 Å². The number of ketones is 1. The fourth-order valence-corrected chi connectivity index (χ4v) is 2.29. The van der Waals surface area contributed by atoms with Crippen molar-refractivity contribution < 1.29 is 23.9 Å². The SMILES string of the molecule is CCOC(=O)CC1(C(=O)OCC)CCCCC1=O. The third-order valence-corrected chi connectivity index (χ3v) is 3.21. The summed E-state index contributed by atoms with van der Waals surface area (Å²) in [5, 5.41) is 0. The quantitative estimate of drug-likeness (QED) is 0.552. The average molecular weight is 256 g/mol. The van der Waals surface area contributed by atoms with E-state index in [4.69, 9.17) is 9.47 Å². The van der Waals surface area contributed by atoms with Crippen LogP contribution < -0.4 is 0 Å². The molecule has 0 N–H and O–H groups in total. The molecule has 0 aromatic rings. The van der Waals surface area contributed by atoms with Crippen LogP contribution in [0.15, 0.2) is 0 Å². The molecule has 0 aromatic carbocycles. The van der Waals surface area contributed by atoms with Crippen LogP contribution in [0.2, 0.25) is 0 Å². The van der Waals surface area contributed by atoms with Crippen molar-refractivity contribution in [3.05, 3.63) is 0 Å². The molecule has 1 fully saturated rings. The lowest BCUT2D eigenvalue weighted by Crippen LogP contribution is -2.44. The van der Waals surface area contributed by atoms with Gasteiger partial charge in [-0.25, -0.2) is 0 Å². The van der Waals surface area contributed by atoms with Gasteiger partial charge in [-0.3, -0.25) is 14.4 Å². The van der Waals surface area contributed by atoms with E-state index in [2.05, 4.69) is 0 Å². The van der Waals surface area contributed by atoms with Crippen LogP contribution >= 0.6 is 0 Å². The molecule has 0 bridgehead atoms. The van der Waals surface area contributed by atoms with Crippen molar-refractivity contribution in [3.8, 4) is 0 Å². The molecule has 1 atom stereocenters. The highest BCUT2D eigenvalue weighted by Gasteiger charge is 2.49. The Balaban J connectivity index is 2.89. The number of carbonyl (C=O) groups is 3. The molecular weight excluding hydrogens is 236 g/mol. The molecule has 0 amide bonds. The summed E-state index contributed by atoms with van der Waals surface area (Å²) in [5.74, 6) is -1.29. The lowest BCUT2D eigenvalue weighted by molar-refractivity contribution is -0.168. The van der Waals surface area contributed by atoms with E-state index in [1.54, 1.807) is 13.8 Å². The summed E-state index contributed by atoms with van der Waals surface area (Å²) in [6.45, 7) is 3.82. The van der Waals surface area contributed by atoms with Gasteiger partial charge in [0.05, 0.1) is 19.6 Å². The smallest absolute Gasteiger partial charge is 0.320 e. The summed E-state index contributed by atoms with van der Waals surface area (Å²) >= 11 is 0. The minimum Gasteiger partial charge on any atom is -0.466 e. The summed E-state index contributed by atoms with van der Waals surface area (Å²) in [7, 11) is 0. The number of carbonyl (C=O) groups excluding carboxylic acids is 3. The molecule has 0 aliphatic heterocycles. The average Bonchev–Trinajstić information content (AvgIpc) is 2.32. The van der Waals surface area contributed by atoms with Crippen molar-refractivity contribution in [1.29, 1.82) is 0 Å². The van der Waals surface area contributed by atoms with Crippen LogP contribution in [0.5, 0.6) is 0 Å². The van der Waals surface area contributed by atoms with Crippen molar-refractivity contribution in [2.45, 2.75) is 46.0 Å². The van der Waals surface area contributed by atoms with Gasteiger partial charge in [-0.1, -0.05) is 6.42 Å². The predicted molar refractivity (Wildman–Crippen MR) is 63.8 cm³/mol. The number of esters is 2. The molecule has 1 aliphatic rings. The first-order valence-corrected chi connectivity index (χ1v) is 6.43. The van der Waals surface area contributed by atoms with Gasteiger partial charge < -0.3 is 9.47 Å². The summed E-state index contributed by atoms with van der Waals surface area (Å²) in [6.07, 6.45) is 2.03. The maximum Gasteiger partial charge on any atom is 0.320 e. The van der Waals surface area contributed by atoms with E-state index in [0.717, 1.165) is 12.8 Å². The minimum atomic E-state index is -1.31. The number of ether oxygens (including phenoxy) is 2. The predicted octanol–water partition coefficient (Wildman–Crippen LogP) is 1.63. The van der Waals surface area contributed by atoms with Gasteiger partial charge in [0, 0.05) is 6.42 Å². The second kappa shape index (κ2) is 6.52. The van der Waals surface area contributed by atoms with Gasteiger partial charge in [-0.2, -0.15) is 0 Å². The Labute approximate surface area is 107 Å². The first-order chi connectivity index (χ1) is 8.56. The van der Waals surface area contributed by atoms with Crippen LogP contribution in [0, 0.1) is 5.41 Å². The summed E-state index contributed by atoms with van der Waals surface area (Å²) < 4.78 is 9.81. The molecule has 0 heterocycles.